The second-order valence-corrected chi connectivity index (χ2v) is 6.79. The molecule has 0 aliphatic carbocycles. The molecule has 2 saturated heterocycles. The lowest BCUT2D eigenvalue weighted by atomic mass is 10.1. The van der Waals surface area contributed by atoms with Crippen LogP contribution in [0.15, 0.2) is 36.5 Å². The van der Waals surface area contributed by atoms with Crippen LogP contribution in [0.25, 0.3) is 0 Å². The van der Waals surface area contributed by atoms with Crippen LogP contribution >= 0.6 is 0 Å². The van der Waals surface area contributed by atoms with Crippen molar-refractivity contribution >= 4 is 23.1 Å². The maximum atomic E-state index is 14.5. The first-order valence-electron chi connectivity index (χ1n) is 9.36. The molecular formula is C20H23FN4O2. The molecule has 2 aromatic rings. The molecule has 4 rings (SSSR count). The average molecular weight is 370 g/mol. The van der Waals surface area contributed by atoms with Gasteiger partial charge in [0.25, 0.3) is 5.91 Å². The Balaban J connectivity index is 1.52. The third kappa shape index (κ3) is 3.88. The quantitative estimate of drug-likeness (QED) is 0.897. The first kappa shape index (κ1) is 17.7. The minimum atomic E-state index is -0.357. The molecule has 27 heavy (non-hydrogen) atoms. The van der Waals surface area contributed by atoms with Crippen molar-refractivity contribution in [2.75, 3.05) is 54.5 Å². The number of benzene rings is 1. The van der Waals surface area contributed by atoms with E-state index in [9.17, 15) is 9.18 Å². The molecular weight excluding hydrogens is 347 g/mol. The summed E-state index contributed by atoms with van der Waals surface area (Å²) in [5.74, 6) is 0.0110. The number of nitrogens with zero attached hydrogens (tertiary/aromatic N) is 3. The van der Waals surface area contributed by atoms with E-state index in [1.165, 1.54) is 6.07 Å². The van der Waals surface area contributed by atoms with Gasteiger partial charge in [0, 0.05) is 37.9 Å². The van der Waals surface area contributed by atoms with Gasteiger partial charge in [0.15, 0.2) is 5.82 Å². The zero-order chi connectivity index (χ0) is 18.6. The Morgan fingerprint density at radius 1 is 1.07 bits per heavy atom. The third-order valence-corrected chi connectivity index (χ3v) is 5.00. The summed E-state index contributed by atoms with van der Waals surface area (Å²) < 4.78 is 19.9. The van der Waals surface area contributed by atoms with E-state index in [-0.39, 0.29) is 11.7 Å². The number of hydrogen-bond acceptors (Lipinski definition) is 5. The van der Waals surface area contributed by atoms with Crippen LogP contribution in [0.5, 0.6) is 0 Å². The largest absolute Gasteiger partial charge is 0.378 e. The SMILES string of the molecule is O=C(Nc1cccnc1N1CCOCC1)c1ccc(N2CCCC2)c(F)c1. The summed E-state index contributed by atoms with van der Waals surface area (Å²) in [7, 11) is 0. The van der Waals surface area contributed by atoms with Crippen molar-refractivity contribution in [3.63, 3.8) is 0 Å². The molecule has 142 valence electrons. The zero-order valence-corrected chi connectivity index (χ0v) is 15.2. The van der Waals surface area contributed by atoms with Gasteiger partial charge < -0.3 is 19.9 Å². The average Bonchev–Trinajstić information content (AvgIpc) is 3.23. The molecule has 0 saturated carbocycles. The number of amides is 1. The molecule has 0 atom stereocenters. The number of halogens is 1. The topological polar surface area (TPSA) is 57.7 Å². The Morgan fingerprint density at radius 2 is 1.85 bits per heavy atom. The second kappa shape index (κ2) is 7.92. The van der Waals surface area contributed by atoms with Gasteiger partial charge in [-0.05, 0) is 43.2 Å². The van der Waals surface area contributed by atoms with Crippen LogP contribution in [-0.2, 0) is 4.74 Å². The summed E-state index contributed by atoms with van der Waals surface area (Å²) in [4.78, 5) is 21.2. The van der Waals surface area contributed by atoms with Gasteiger partial charge in [-0.2, -0.15) is 0 Å². The van der Waals surface area contributed by atoms with E-state index in [4.69, 9.17) is 4.74 Å². The van der Waals surface area contributed by atoms with E-state index in [2.05, 4.69) is 15.2 Å². The summed E-state index contributed by atoms with van der Waals surface area (Å²) in [6, 6.07) is 8.27. The Labute approximate surface area is 157 Å². The Bertz CT molecular complexity index is 817. The second-order valence-electron chi connectivity index (χ2n) is 6.79. The van der Waals surface area contributed by atoms with Crippen LogP contribution < -0.4 is 15.1 Å². The highest BCUT2D eigenvalue weighted by Crippen LogP contribution is 2.27. The van der Waals surface area contributed by atoms with Crippen LogP contribution in [0.3, 0.4) is 0 Å². The number of ether oxygens (including phenoxy) is 1. The number of anilines is 3. The van der Waals surface area contributed by atoms with Gasteiger partial charge in [0.2, 0.25) is 0 Å². The van der Waals surface area contributed by atoms with Crippen LogP contribution in [0.4, 0.5) is 21.6 Å². The molecule has 0 unspecified atom stereocenters. The van der Waals surface area contributed by atoms with Crippen molar-refractivity contribution in [2.45, 2.75) is 12.8 Å². The standard InChI is InChI=1S/C20H23FN4O2/c21-16-14-15(5-6-18(16)24-8-1-2-9-24)20(26)23-17-4-3-7-22-19(17)25-10-12-27-13-11-25/h3-7,14H,1-2,8-13H2,(H,23,26). The number of aromatic nitrogens is 1. The highest BCUT2D eigenvalue weighted by Gasteiger charge is 2.20. The lowest BCUT2D eigenvalue weighted by molar-refractivity contribution is 0.102. The first-order chi connectivity index (χ1) is 13.2. The van der Waals surface area contributed by atoms with Crippen LogP contribution in [0.1, 0.15) is 23.2 Å². The van der Waals surface area contributed by atoms with E-state index in [1.54, 1.807) is 24.4 Å². The molecule has 0 bridgehead atoms. The third-order valence-electron chi connectivity index (χ3n) is 5.00. The molecule has 2 aliphatic rings. The van der Waals surface area contributed by atoms with Gasteiger partial charge in [-0.3, -0.25) is 4.79 Å². The number of carbonyl (C=O) groups excluding carboxylic acids is 1. The lowest BCUT2D eigenvalue weighted by Crippen LogP contribution is -2.37. The van der Waals surface area contributed by atoms with Crippen molar-refractivity contribution in [3.8, 4) is 0 Å². The fourth-order valence-electron chi connectivity index (χ4n) is 3.58. The van der Waals surface area contributed by atoms with E-state index in [0.717, 1.165) is 39.0 Å². The Hall–Kier alpha value is -2.67. The number of pyridine rings is 1. The van der Waals surface area contributed by atoms with Gasteiger partial charge in [0.1, 0.15) is 5.82 Å². The summed E-state index contributed by atoms with van der Waals surface area (Å²) >= 11 is 0. The van der Waals surface area contributed by atoms with Crippen molar-refractivity contribution in [1.82, 2.24) is 4.98 Å². The molecule has 0 spiro atoms. The molecule has 0 radical (unpaired) electrons. The predicted octanol–water partition coefficient (Wildman–Crippen LogP) is 2.91. The van der Waals surface area contributed by atoms with Gasteiger partial charge in [-0.1, -0.05) is 0 Å². The van der Waals surface area contributed by atoms with Crippen LogP contribution in [-0.4, -0.2) is 50.3 Å². The molecule has 3 heterocycles. The van der Waals surface area contributed by atoms with E-state index < -0.39 is 0 Å². The van der Waals surface area contributed by atoms with Gasteiger partial charge in [0.05, 0.1) is 24.6 Å². The molecule has 1 N–H and O–H groups in total. The van der Waals surface area contributed by atoms with E-state index in [1.807, 2.05) is 11.0 Å². The monoisotopic (exact) mass is 370 g/mol. The highest BCUT2D eigenvalue weighted by atomic mass is 19.1. The van der Waals surface area contributed by atoms with E-state index in [0.29, 0.717) is 36.0 Å². The summed E-state index contributed by atoms with van der Waals surface area (Å²) in [6.45, 7) is 4.43. The van der Waals surface area contributed by atoms with Crippen LogP contribution in [0.2, 0.25) is 0 Å². The fourth-order valence-corrected chi connectivity index (χ4v) is 3.58. The van der Waals surface area contributed by atoms with Gasteiger partial charge in [-0.25, -0.2) is 9.37 Å². The summed E-state index contributed by atoms with van der Waals surface area (Å²) in [5, 5.41) is 2.88. The number of carbonyl (C=O) groups is 1. The maximum Gasteiger partial charge on any atom is 0.255 e. The smallest absolute Gasteiger partial charge is 0.255 e. The summed E-state index contributed by atoms with van der Waals surface area (Å²) in [5.41, 5.74) is 1.49. The molecule has 1 aromatic heterocycles. The zero-order valence-electron chi connectivity index (χ0n) is 15.2. The molecule has 7 heteroatoms. The predicted molar refractivity (Wildman–Crippen MR) is 103 cm³/mol. The first-order valence-corrected chi connectivity index (χ1v) is 9.36. The van der Waals surface area contributed by atoms with Gasteiger partial charge in [-0.15, -0.1) is 0 Å². The number of hydrogen-bond donors (Lipinski definition) is 1. The van der Waals surface area contributed by atoms with Crippen molar-refractivity contribution < 1.29 is 13.9 Å². The molecule has 6 nitrogen and oxygen atoms in total. The number of rotatable bonds is 4. The number of nitrogens with one attached hydrogen (secondary N) is 1. The summed E-state index contributed by atoms with van der Waals surface area (Å²) in [6.07, 6.45) is 3.85. The minimum Gasteiger partial charge on any atom is -0.378 e. The van der Waals surface area contributed by atoms with Gasteiger partial charge >= 0.3 is 0 Å². The molecule has 2 aliphatic heterocycles. The molecule has 2 fully saturated rings. The normalized spacial score (nSPS) is 17.2. The Kier molecular flexibility index (Phi) is 5.20. The lowest BCUT2D eigenvalue weighted by Gasteiger charge is -2.29. The Morgan fingerprint density at radius 3 is 2.59 bits per heavy atom. The molecule has 1 amide bonds. The molecule has 1 aromatic carbocycles. The maximum absolute atomic E-state index is 14.5. The minimum absolute atomic E-state index is 0.298. The van der Waals surface area contributed by atoms with Crippen molar-refractivity contribution in [1.29, 1.82) is 0 Å². The van der Waals surface area contributed by atoms with Crippen molar-refractivity contribution in [3.05, 3.63) is 47.9 Å². The van der Waals surface area contributed by atoms with Crippen molar-refractivity contribution in [2.24, 2.45) is 0 Å². The highest BCUT2D eigenvalue weighted by molar-refractivity contribution is 6.05. The van der Waals surface area contributed by atoms with Crippen LogP contribution in [0, 0.1) is 5.82 Å². The number of morpholine rings is 1. The fraction of sp³-hybridized carbons (Fsp3) is 0.400. The van der Waals surface area contributed by atoms with E-state index >= 15 is 0 Å².